The second kappa shape index (κ2) is 6.88. The van der Waals surface area contributed by atoms with Crippen LogP contribution in [0.15, 0.2) is 29.1 Å². The van der Waals surface area contributed by atoms with Crippen molar-refractivity contribution >= 4 is 22.8 Å². The van der Waals surface area contributed by atoms with Gasteiger partial charge in [-0.2, -0.15) is 0 Å². The third kappa shape index (κ3) is 3.33. The van der Waals surface area contributed by atoms with Gasteiger partial charge in [-0.15, -0.1) is 0 Å². The van der Waals surface area contributed by atoms with Crippen molar-refractivity contribution < 1.29 is 9.59 Å². The number of hydrogen-bond acceptors (Lipinski definition) is 4. The Morgan fingerprint density at radius 1 is 1.12 bits per heavy atom. The zero-order chi connectivity index (χ0) is 17.1. The SMILES string of the molecule is CNC(=O)CN1CCN(C(=O)Cn2c(=O)[nH]c3ccccc32)CC1. The average molecular weight is 331 g/mol. The molecule has 0 unspecified atom stereocenters. The molecule has 2 aromatic rings. The number of aromatic nitrogens is 2. The Bertz CT molecular complexity index is 801. The number of para-hydroxylation sites is 2. The van der Waals surface area contributed by atoms with Gasteiger partial charge >= 0.3 is 5.69 Å². The summed E-state index contributed by atoms with van der Waals surface area (Å²) in [6.45, 7) is 2.81. The normalized spacial score (nSPS) is 15.6. The fraction of sp³-hybridized carbons (Fsp3) is 0.438. The first kappa shape index (κ1) is 16.3. The zero-order valence-electron chi connectivity index (χ0n) is 13.6. The van der Waals surface area contributed by atoms with Crippen LogP contribution in [0, 0.1) is 0 Å². The van der Waals surface area contributed by atoms with Crippen LogP contribution in [0.25, 0.3) is 11.0 Å². The van der Waals surface area contributed by atoms with Gasteiger partial charge in [0.1, 0.15) is 6.54 Å². The quantitative estimate of drug-likeness (QED) is 0.769. The fourth-order valence-corrected chi connectivity index (χ4v) is 2.94. The van der Waals surface area contributed by atoms with E-state index in [-0.39, 0.29) is 24.0 Å². The molecule has 1 aromatic carbocycles. The van der Waals surface area contributed by atoms with E-state index in [4.69, 9.17) is 0 Å². The summed E-state index contributed by atoms with van der Waals surface area (Å²) in [5.74, 6) is -0.110. The topological polar surface area (TPSA) is 90.4 Å². The van der Waals surface area contributed by atoms with E-state index in [0.29, 0.717) is 32.7 Å². The van der Waals surface area contributed by atoms with Crippen LogP contribution in [0.2, 0.25) is 0 Å². The third-order valence-electron chi connectivity index (χ3n) is 4.35. The van der Waals surface area contributed by atoms with Crippen LogP contribution < -0.4 is 11.0 Å². The second-order valence-electron chi connectivity index (χ2n) is 5.86. The number of likely N-dealkylation sites (N-methyl/N-ethyl adjacent to an activating group) is 1. The lowest BCUT2D eigenvalue weighted by Gasteiger charge is -2.34. The van der Waals surface area contributed by atoms with E-state index in [1.807, 2.05) is 29.2 Å². The Hall–Kier alpha value is -2.61. The van der Waals surface area contributed by atoms with E-state index in [0.717, 1.165) is 11.0 Å². The smallest absolute Gasteiger partial charge is 0.326 e. The first-order valence-corrected chi connectivity index (χ1v) is 7.97. The monoisotopic (exact) mass is 331 g/mol. The highest BCUT2D eigenvalue weighted by molar-refractivity contribution is 5.81. The summed E-state index contributed by atoms with van der Waals surface area (Å²) < 4.78 is 1.47. The number of fused-ring (bicyclic) bond motifs is 1. The van der Waals surface area contributed by atoms with Gasteiger partial charge in [0.15, 0.2) is 0 Å². The molecule has 0 saturated carbocycles. The molecule has 0 spiro atoms. The molecule has 2 amide bonds. The number of amides is 2. The Morgan fingerprint density at radius 2 is 1.83 bits per heavy atom. The molecule has 1 aliphatic heterocycles. The predicted molar refractivity (Wildman–Crippen MR) is 89.6 cm³/mol. The Labute approximate surface area is 139 Å². The molecular weight excluding hydrogens is 310 g/mol. The maximum atomic E-state index is 12.5. The number of rotatable bonds is 4. The van der Waals surface area contributed by atoms with Crippen LogP contribution in [-0.4, -0.2) is 70.9 Å². The number of nitrogens with one attached hydrogen (secondary N) is 2. The fourth-order valence-electron chi connectivity index (χ4n) is 2.94. The summed E-state index contributed by atoms with van der Waals surface area (Å²) in [5, 5.41) is 2.60. The van der Waals surface area contributed by atoms with Crippen molar-refractivity contribution in [2.24, 2.45) is 0 Å². The first-order valence-electron chi connectivity index (χ1n) is 7.97. The lowest BCUT2D eigenvalue weighted by Crippen LogP contribution is -2.51. The van der Waals surface area contributed by atoms with E-state index in [1.54, 1.807) is 11.9 Å². The highest BCUT2D eigenvalue weighted by Gasteiger charge is 2.23. The number of carbonyl (C=O) groups is 2. The number of nitrogens with zero attached hydrogens (tertiary/aromatic N) is 3. The Kier molecular flexibility index (Phi) is 4.66. The third-order valence-corrected chi connectivity index (χ3v) is 4.35. The summed E-state index contributed by atoms with van der Waals surface area (Å²) in [6, 6.07) is 7.32. The van der Waals surface area contributed by atoms with Crippen molar-refractivity contribution in [1.82, 2.24) is 24.7 Å². The molecular formula is C16H21N5O3. The summed E-state index contributed by atoms with van der Waals surface area (Å²) in [7, 11) is 1.61. The predicted octanol–water partition coefficient (Wildman–Crippen LogP) is -0.780. The van der Waals surface area contributed by atoms with Gasteiger partial charge in [-0.1, -0.05) is 12.1 Å². The minimum atomic E-state index is -0.275. The van der Waals surface area contributed by atoms with Crippen LogP contribution in [0.1, 0.15) is 0 Å². The number of benzene rings is 1. The minimum Gasteiger partial charge on any atom is -0.358 e. The molecule has 0 atom stereocenters. The van der Waals surface area contributed by atoms with Crippen molar-refractivity contribution in [3.63, 3.8) is 0 Å². The van der Waals surface area contributed by atoms with Crippen molar-refractivity contribution in [2.75, 3.05) is 39.8 Å². The van der Waals surface area contributed by atoms with Gasteiger partial charge in [0.25, 0.3) is 0 Å². The molecule has 1 fully saturated rings. The lowest BCUT2D eigenvalue weighted by molar-refractivity contribution is -0.133. The largest absolute Gasteiger partial charge is 0.358 e. The molecule has 128 valence electrons. The molecule has 8 nitrogen and oxygen atoms in total. The summed E-state index contributed by atoms with van der Waals surface area (Å²) in [5.41, 5.74) is 1.18. The van der Waals surface area contributed by atoms with Gasteiger partial charge in [0, 0.05) is 33.2 Å². The van der Waals surface area contributed by atoms with Crippen LogP contribution >= 0.6 is 0 Å². The average Bonchev–Trinajstić information content (AvgIpc) is 2.91. The van der Waals surface area contributed by atoms with Gasteiger partial charge in [-0.05, 0) is 12.1 Å². The molecule has 0 aliphatic carbocycles. The molecule has 0 radical (unpaired) electrons. The van der Waals surface area contributed by atoms with Gasteiger partial charge in [-0.3, -0.25) is 19.1 Å². The molecule has 2 heterocycles. The van der Waals surface area contributed by atoms with E-state index >= 15 is 0 Å². The molecule has 3 rings (SSSR count). The molecule has 1 saturated heterocycles. The van der Waals surface area contributed by atoms with Crippen molar-refractivity contribution in [2.45, 2.75) is 6.54 Å². The molecule has 8 heteroatoms. The maximum Gasteiger partial charge on any atom is 0.326 e. The number of carbonyl (C=O) groups excluding carboxylic acids is 2. The molecule has 1 aromatic heterocycles. The van der Waals surface area contributed by atoms with Crippen molar-refractivity contribution in [1.29, 1.82) is 0 Å². The van der Waals surface area contributed by atoms with E-state index in [2.05, 4.69) is 10.3 Å². The van der Waals surface area contributed by atoms with E-state index in [1.165, 1.54) is 4.57 Å². The van der Waals surface area contributed by atoms with Crippen LogP contribution in [0.4, 0.5) is 0 Å². The van der Waals surface area contributed by atoms with Gasteiger partial charge < -0.3 is 15.2 Å². The number of piperazine rings is 1. The summed E-state index contributed by atoms with van der Waals surface area (Å²) in [6.07, 6.45) is 0. The van der Waals surface area contributed by atoms with Gasteiger partial charge in [0.05, 0.1) is 17.6 Å². The van der Waals surface area contributed by atoms with Crippen molar-refractivity contribution in [3.8, 4) is 0 Å². The Balaban J connectivity index is 1.63. The van der Waals surface area contributed by atoms with Gasteiger partial charge in [-0.25, -0.2) is 4.79 Å². The molecule has 0 bridgehead atoms. The number of hydrogen-bond donors (Lipinski definition) is 2. The van der Waals surface area contributed by atoms with Crippen LogP contribution in [0.5, 0.6) is 0 Å². The van der Waals surface area contributed by atoms with E-state index in [9.17, 15) is 14.4 Å². The van der Waals surface area contributed by atoms with Gasteiger partial charge in [0.2, 0.25) is 11.8 Å². The maximum absolute atomic E-state index is 12.5. The number of aromatic amines is 1. The minimum absolute atomic E-state index is 0.0261. The summed E-state index contributed by atoms with van der Waals surface area (Å²) >= 11 is 0. The number of H-pyrrole nitrogens is 1. The zero-order valence-corrected chi connectivity index (χ0v) is 13.6. The highest BCUT2D eigenvalue weighted by Crippen LogP contribution is 2.10. The van der Waals surface area contributed by atoms with Crippen molar-refractivity contribution in [3.05, 3.63) is 34.7 Å². The molecule has 2 N–H and O–H groups in total. The number of imidazole rings is 1. The summed E-state index contributed by atoms with van der Waals surface area (Å²) in [4.78, 5) is 42.5. The highest BCUT2D eigenvalue weighted by atomic mass is 16.2. The molecule has 24 heavy (non-hydrogen) atoms. The van der Waals surface area contributed by atoms with E-state index < -0.39 is 0 Å². The first-order chi connectivity index (χ1) is 11.6. The van der Waals surface area contributed by atoms with Crippen LogP contribution in [0.3, 0.4) is 0 Å². The Morgan fingerprint density at radius 3 is 2.54 bits per heavy atom. The lowest BCUT2D eigenvalue weighted by atomic mass is 10.3. The van der Waals surface area contributed by atoms with Crippen LogP contribution in [-0.2, 0) is 16.1 Å². The standard InChI is InChI=1S/C16H21N5O3/c1-17-14(22)10-19-6-8-20(9-7-19)15(23)11-21-13-5-3-2-4-12(13)18-16(21)24/h2-5H,6-11H2,1H3,(H,17,22)(H,18,24). The second-order valence-corrected chi connectivity index (χ2v) is 5.86. The molecule has 1 aliphatic rings.